The average molecular weight is 108 g/mol. The van der Waals surface area contributed by atoms with Crippen LogP contribution in [0.5, 0.6) is 0 Å². The van der Waals surface area contributed by atoms with Crippen molar-refractivity contribution in [2.75, 3.05) is 0 Å². The van der Waals surface area contributed by atoms with Crippen molar-refractivity contribution < 1.29 is 0 Å². The Morgan fingerprint density at radius 3 is 3.12 bits per heavy atom. The highest BCUT2D eigenvalue weighted by Crippen LogP contribution is 1.91. The van der Waals surface area contributed by atoms with E-state index in [9.17, 15) is 0 Å². The van der Waals surface area contributed by atoms with Crippen molar-refractivity contribution in [1.82, 2.24) is 4.98 Å². The fourth-order valence-electron chi connectivity index (χ4n) is 0.604. The standard InChI is InChI=1S/C6H8N2/c7-4-3-6-2-1-5-8-6/h1-2,4-5,7-8H,3H2. The second-order valence-electron chi connectivity index (χ2n) is 1.60. The number of aromatic nitrogens is 1. The molecule has 1 aromatic heterocycles. The molecule has 1 rings (SSSR count). The quantitative estimate of drug-likeness (QED) is 0.534. The third-order valence-electron chi connectivity index (χ3n) is 0.984. The van der Waals surface area contributed by atoms with Crippen LogP contribution in [0.3, 0.4) is 0 Å². The SMILES string of the molecule is N=CCc1ccc[nH]1. The lowest BCUT2D eigenvalue weighted by Gasteiger charge is -1.82. The van der Waals surface area contributed by atoms with Crippen LogP contribution in [0.2, 0.25) is 0 Å². The zero-order valence-corrected chi connectivity index (χ0v) is 4.52. The molecule has 0 fully saturated rings. The maximum atomic E-state index is 6.73. The second kappa shape index (κ2) is 2.31. The summed E-state index contributed by atoms with van der Waals surface area (Å²) in [7, 11) is 0. The molecule has 0 spiro atoms. The number of hydrogen-bond donors (Lipinski definition) is 2. The molecule has 1 heterocycles. The summed E-state index contributed by atoms with van der Waals surface area (Å²) in [6, 6.07) is 3.89. The lowest BCUT2D eigenvalue weighted by atomic mass is 10.3. The third-order valence-corrected chi connectivity index (χ3v) is 0.984. The summed E-state index contributed by atoms with van der Waals surface area (Å²) in [5, 5.41) is 6.73. The van der Waals surface area contributed by atoms with E-state index in [0.717, 1.165) is 5.69 Å². The minimum atomic E-state index is 0.715. The highest BCUT2D eigenvalue weighted by atomic mass is 14.7. The molecule has 0 bridgehead atoms. The molecule has 0 aliphatic heterocycles. The van der Waals surface area contributed by atoms with Gasteiger partial charge in [-0.2, -0.15) is 0 Å². The van der Waals surface area contributed by atoms with E-state index >= 15 is 0 Å². The molecule has 0 aliphatic carbocycles. The van der Waals surface area contributed by atoms with Gasteiger partial charge in [-0.15, -0.1) is 0 Å². The van der Waals surface area contributed by atoms with E-state index in [2.05, 4.69) is 4.98 Å². The van der Waals surface area contributed by atoms with Crippen LogP contribution in [0.15, 0.2) is 18.3 Å². The second-order valence-corrected chi connectivity index (χ2v) is 1.60. The Labute approximate surface area is 48.1 Å². The lowest BCUT2D eigenvalue weighted by Crippen LogP contribution is -1.81. The first-order chi connectivity index (χ1) is 3.93. The van der Waals surface area contributed by atoms with E-state index in [1.54, 1.807) is 0 Å². The van der Waals surface area contributed by atoms with Crippen molar-refractivity contribution in [3.05, 3.63) is 24.0 Å². The molecule has 42 valence electrons. The van der Waals surface area contributed by atoms with Crippen LogP contribution in [0.4, 0.5) is 0 Å². The van der Waals surface area contributed by atoms with E-state index in [4.69, 9.17) is 5.41 Å². The Morgan fingerprint density at radius 2 is 2.62 bits per heavy atom. The first kappa shape index (κ1) is 5.09. The highest BCUT2D eigenvalue weighted by Gasteiger charge is 1.84. The van der Waals surface area contributed by atoms with Gasteiger partial charge in [-0.1, -0.05) is 0 Å². The van der Waals surface area contributed by atoms with Gasteiger partial charge in [-0.3, -0.25) is 0 Å². The van der Waals surface area contributed by atoms with Crippen LogP contribution >= 0.6 is 0 Å². The van der Waals surface area contributed by atoms with E-state index in [1.807, 2.05) is 18.3 Å². The number of aromatic amines is 1. The first-order valence-corrected chi connectivity index (χ1v) is 2.54. The molecule has 0 aliphatic rings. The minimum absolute atomic E-state index is 0.715. The van der Waals surface area contributed by atoms with Crippen LogP contribution in [-0.4, -0.2) is 11.2 Å². The molecule has 1 aromatic rings. The Balaban J connectivity index is 2.62. The monoisotopic (exact) mass is 108 g/mol. The van der Waals surface area contributed by atoms with Gasteiger partial charge in [0.05, 0.1) is 0 Å². The molecular formula is C6H8N2. The van der Waals surface area contributed by atoms with Crippen molar-refractivity contribution in [3.63, 3.8) is 0 Å². The zero-order valence-electron chi connectivity index (χ0n) is 4.52. The van der Waals surface area contributed by atoms with Crippen molar-refractivity contribution in [2.24, 2.45) is 0 Å². The van der Waals surface area contributed by atoms with Crippen molar-refractivity contribution in [2.45, 2.75) is 6.42 Å². The van der Waals surface area contributed by atoms with Gasteiger partial charge < -0.3 is 10.4 Å². The Hall–Kier alpha value is -1.05. The van der Waals surface area contributed by atoms with Crippen LogP contribution in [0, 0.1) is 5.41 Å². The predicted octanol–water partition coefficient (Wildman–Crippen LogP) is 1.21. The van der Waals surface area contributed by atoms with E-state index in [0.29, 0.717) is 6.42 Å². The number of H-pyrrole nitrogens is 1. The highest BCUT2D eigenvalue weighted by molar-refractivity contribution is 5.56. The van der Waals surface area contributed by atoms with Crippen molar-refractivity contribution in [3.8, 4) is 0 Å². The van der Waals surface area contributed by atoms with Crippen molar-refractivity contribution in [1.29, 1.82) is 5.41 Å². The molecule has 0 unspecified atom stereocenters. The first-order valence-electron chi connectivity index (χ1n) is 2.54. The molecular weight excluding hydrogens is 100 g/mol. The molecule has 2 N–H and O–H groups in total. The largest absolute Gasteiger partial charge is 0.365 e. The van der Waals surface area contributed by atoms with Gasteiger partial charge >= 0.3 is 0 Å². The zero-order chi connectivity index (χ0) is 5.82. The summed E-state index contributed by atoms with van der Waals surface area (Å²) >= 11 is 0. The molecule has 0 radical (unpaired) electrons. The van der Waals surface area contributed by atoms with Crippen molar-refractivity contribution >= 4 is 6.21 Å². The smallest absolute Gasteiger partial charge is 0.0223 e. The van der Waals surface area contributed by atoms with Gasteiger partial charge in [0.25, 0.3) is 0 Å². The molecule has 0 saturated carbocycles. The minimum Gasteiger partial charge on any atom is -0.365 e. The average Bonchev–Trinajstić information content (AvgIpc) is 2.19. The lowest BCUT2D eigenvalue weighted by molar-refractivity contribution is 1.20. The van der Waals surface area contributed by atoms with Gasteiger partial charge in [0.2, 0.25) is 0 Å². The Kier molecular flexibility index (Phi) is 1.47. The maximum Gasteiger partial charge on any atom is 0.0223 e. The Bertz CT molecular complexity index is 153. The topological polar surface area (TPSA) is 39.6 Å². The molecule has 0 aromatic carbocycles. The van der Waals surface area contributed by atoms with Gasteiger partial charge in [0.15, 0.2) is 0 Å². The molecule has 2 nitrogen and oxygen atoms in total. The molecule has 2 heteroatoms. The van der Waals surface area contributed by atoms with E-state index in [1.165, 1.54) is 6.21 Å². The molecule has 0 amide bonds. The van der Waals surface area contributed by atoms with Crippen LogP contribution < -0.4 is 0 Å². The third kappa shape index (κ3) is 0.964. The van der Waals surface area contributed by atoms with Gasteiger partial charge in [0, 0.05) is 24.5 Å². The molecule has 0 saturated heterocycles. The normalized spacial score (nSPS) is 9.00. The van der Waals surface area contributed by atoms with Crippen LogP contribution in [0.25, 0.3) is 0 Å². The fraction of sp³-hybridized carbons (Fsp3) is 0.167. The van der Waals surface area contributed by atoms with Gasteiger partial charge in [0.1, 0.15) is 0 Å². The maximum absolute atomic E-state index is 6.73. The molecule has 8 heavy (non-hydrogen) atoms. The number of rotatable bonds is 2. The van der Waals surface area contributed by atoms with Gasteiger partial charge in [-0.05, 0) is 12.1 Å². The summed E-state index contributed by atoms with van der Waals surface area (Å²) < 4.78 is 0. The molecule has 0 atom stereocenters. The fourth-order valence-corrected chi connectivity index (χ4v) is 0.604. The predicted molar refractivity (Wildman–Crippen MR) is 33.3 cm³/mol. The summed E-state index contributed by atoms with van der Waals surface area (Å²) in [5.41, 5.74) is 1.10. The summed E-state index contributed by atoms with van der Waals surface area (Å²) in [6.45, 7) is 0. The number of hydrogen-bond acceptors (Lipinski definition) is 1. The summed E-state index contributed by atoms with van der Waals surface area (Å²) in [6.07, 6.45) is 3.96. The Morgan fingerprint density at radius 1 is 1.75 bits per heavy atom. The van der Waals surface area contributed by atoms with E-state index in [-0.39, 0.29) is 0 Å². The van der Waals surface area contributed by atoms with Crippen LogP contribution in [0.1, 0.15) is 5.69 Å². The van der Waals surface area contributed by atoms with Crippen LogP contribution in [-0.2, 0) is 6.42 Å². The van der Waals surface area contributed by atoms with E-state index < -0.39 is 0 Å². The summed E-state index contributed by atoms with van der Waals surface area (Å²) in [5.74, 6) is 0. The summed E-state index contributed by atoms with van der Waals surface area (Å²) in [4.78, 5) is 2.99. The van der Waals surface area contributed by atoms with Gasteiger partial charge in [-0.25, -0.2) is 0 Å². The number of nitrogens with one attached hydrogen (secondary N) is 2.